The van der Waals surface area contributed by atoms with Crippen molar-refractivity contribution >= 4 is 18.4 Å². The Hall–Kier alpha value is -1.10. The van der Waals surface area contributed by atoms with Crippen LogP contribution in [0.1, 0.15) is 12.6 Å². The molecule has 0 aliphatic rings. The quantitative estimate of drug-likeness (QED) is 0.749. The van der Waals surface area contributed by atoms with Crippen molar-refractivity contribution in [2.24, 2.45) is 0 Å². The number of hydrogen-bond acceptors (Lipinski definition) is 3. The normalized spacial score (nSPS) is 9.08. The molecule has 1 heterocycles. The predicted molar refractivity (Wildman–Crippen MR) is 44.3 cm³/mol. The van der Waals surface area contributed by atoms with E-state index in [4.69, 9.17) is 5.11 Å². The van der Waals surface area contributed by atoms with Crippen molar-refractivity contribution in [1.29, 1.82) is 0 Å². The Balaban J connectivity index is 0.00000121. The molecule has 5 nitrogen and oxygen atoms in total. The molecule has 1 rings (SSSR count). The molecule has 0 saturated carbocycles. The number of nitrogens with zero attached hydrogens (tertiary/aromatic N) is 3. The van der Waals surface area contributed by atoms with Gasteiger partial charge in [-0.3, -0.25) is 9.48 Å². The minimum Gasteiger partial charge on any atom is -0.481 e. The highest BCUT2D eigenvalue weighted by molar-refractivity contribution is 5.85. The van der Waals surface area contributed by atoms with E-state index in [0.29, 0.717) is 12.2 Å². The molecule has 0 aromatic carbocycles. The maximum atomic E-state index is 10.2. The van der Waals surface area contributed by atoms with E-state index in [1.807, 2.05) is 6.92 Å². The van der Waals surface area contributed by atoms with Crippen molar-refractivity contribution in [3.8, 4) is 0 Å². The summed E-state index contributed by atoms with van der Waals surface area (Å²) >= 11 is 0. The van der Waals surface area contributed by atoms with Gasteiger partial charge in [0.2, 0.25) is 0 Å². The Labute approximate surface area is 75.8 Å². The van der Waals surface area contributed by atoms with Crippen molar-refractivity contribution in [3.63, 3.8) is 0 Å². The van der Waals surface area contributed by atoms with Crippen molar-refractivity contribution < 1.29 is 9.90 Å². The van der Waals surface area contributed by atoms with Crippen molar-refractivity contribution in [2.75, 3.05) is 0 Å². The Bertz CT molecular complexity index is 261. The molecule has 0 fully saturated rings. The lowest BCUT2D eigenvalue weighted by molar-refractivity contribution is -0.136. The fourth-order valence-corrected chi connectivity index (χ4v) is 0.729. The maximum Gasteiger partial charge on any atom is 0.309 e. The summed E-state index contributed by atoms with van der Waals surface area (Å²) in [4.78, 5) is 10.2. The van der Waals surface area contributed by atoms with Crippen LogP contribution in [-0.4, -0.2) is 26.1 Å². The lowest BCUT2D eigenvalue weighted by Crippen LogP contribution is -1.99. The minimum atomic E-state index is -0.881. The van der Waals surface area contributed by atoms with Crippen molar-refractivity contribution in [2.45, 2.75) is 19.9 Å². The molecule has 12 heavy (non-hydrogen) atoms. The summed E-state index contributed by atoms with van der Waals surface area (Å²) in [6.45, 7) is 2.63. The lowest BCUT2D eigenvalue weighted by Gasteiger charge is -1.87. The lowest BCUT2D eigenvalue weighted by atomic mass is 10.3. The average molecular weight is 192 g/mol. The SMILES string of the molecule is CCn1cc(CC(=O)O)nn1.Cl. The number of aromatic nitrogens is 3. The van der Waals surface area contributed by atoms with E-state index in [2.05, 4.69) is 10.3 Å². The van der Waals surface area contributed by atoms with Gasteiger partial charge in [-0.05, 0) is 6.92 Å². The second-order valence-corrected chi connectivity index (χ2v) is 2.14. The molecular formula is C6H10ClN3O2. The number of carboxylic acid groups (broad SMARTS) is 1. The number of hydrogen-bond donors (Lipinski definition) is 1. The fourth-order valence-electron chi connectivity index (χ4n) is 0.729. The van der Waals surface area contributed by atoms with Crippen LogP contribution in [-0.2, 0) is 17.8 Å². The van der Waals surface area contributed by atoms with Gasteiger partial charge in [0.15, 0.2) is 0 Å². The first-order valence-electron chi connectivity index (χ1n) is 3.33. The molecular weight excluding hydrogens is 182 g/mol. The Kier molecular flexibility index (Phi) is 4.28. The van der Waals surface area contributed by atoms with E-state index in [1.54, 1.807) is 10.9 Å². The topological polar surface area (TPSA) is 68.0 Å². The molecule has 0 amide bonds. The summed E-state index contributed by atoms with van der Waals surface area (Å²) in [7, 11) is 0. The second-order valence-electron chi connectivity index (χ2n) is 2.14. The van der Waals surface area contributed by atoms with Gasteiger partial charge in [-0.1, -0.05) is 5.21 Å². The van der Waals surface area contributed by atoms with E-state index >= 15 is 0 Å². The number of aliphatic carboxylic acids is 1. The third-order valence-corrected chi connectivity index (χ3v) is 1.24. The molecule has 0 aliphatic heterocycles. The molecule has 0 saturated heterocycles. The van der Waals surface area contributed by atoms with Gasteiger partial charge in [-0.15, -0.1) is 17.5 Å². The van der Waals surface area contributed by atoms with Crippen LogP contribution in [0.5, 0.6) is 0 Å². The fraction of sp³-hybridized carbons (Fsp3) is 0.500. The van der Waals surface area contributed by atoms with Crippen LogP contribution in [0.3, 0.4) is 0 Å². The zero-order valence-electron chi connectivity index (χ0n) is 6.60. The van der Waals surface area contributed by atoms with E-state index in [-0.39, 0.29) is 18.8 Å². The van der Waals surface area contributed by atoms with Crippen LogP contribution in [0.4, 0.5) is 0 Å². The van der Waals surface area contributed by atoms with Crippen LogP contribution in [0.15, 0.2) is 6.20 Å². The largest absolute Gasteiger partial charge is 0.481 e. The van der Waals surface area contributed by atoms with E-state index in [1.165, 1.54) is 0 Å². The van der Waals surface area contributed by atoms with Gasteiger partial charge in [0.25, 0.3) is 0 Å². The number of aryl methyl sites for hydroxylation is 1. The highest BCUT2D eigenvalue weighted by Crippen LogP contribution is 1.93. The summed E-state index contributed by atoms with van der Waals surface area (Å²) in [5.41, 5.74) is 0.499. The average Bonchev–Trinajstić information content (AvgIpc) is 2.34. The second kappa shape index (κ2) is 4.71. The van der Waals surface area contributed by atoms with Crippen molar-refractivity contribution in [1.82, 2.24) is 15.0 Å². The molecule has 0 aliphatic carbocycles. The molecule has 0 bridgehead atoms. The van der Waals surface area contributed by atoms with E-state index < -0.39 is 5.97 Å². The first-order valence-corrected chi connectivity index (χ1v) is 3.33. The zero-order chi connectivity index (χ0) is 8.27. The Morgan fingerprint density at radius 3 is 2.83 bits per heavy atom. The van der Waals surface area contributed by atoms with Gasteiger partial charge in [-0.25, -0.2) is 0 Å². The molecule has 0 atom stereocenters. The monoisotopic (exact) mass is 191 g/mol. The molecule has 0 spiro atoms. The van der Waals surface area contributed by atoms with Crippen molar-refractivity contribution in [3.05, 3.63) is 11.9 Å². The molecule has 6 heteroatoms. The number of halogens is 1. The smallest absolute Gasteiger partial charge is 0.309 e. The Morgan fingerprint density at radius 1 is 1.75 bits per heavy atom. The van der Waals surface area contributed by atoms with Gasteiger partial charge in [0.1, 0.15) is 0 Å². The summed E-state index contributed by atoms with van der Waals surface area (Å²) in [5.74, 6) is -0.881. The highest BCUT2D eigenvalue weighted by atomic mass is 35.5. The minimum absolute atomic E-state index is 0. The summed E-state index contributed by atoms with van der Waals surface area (Å²) in [5, 5.41) is 15.7. The van der Waals surface area contributed by atoms with Crippen LogP contribution in [0, 0.1) is 0 Å². The van der Waals surface area contributed by atoms with Gasteiger partial charge in [-0.2, -0.15) is 0 Å². The summed E-state index contributed by atoms with van der Waals surface area (Å²) < 4.78 is 1.60. The molecule has 0 radical (unpaired) electrons. The van der Waals surface area contributed by atoms with Gasteiger partial charge in [0.05, 0.1) is 12.1 Å². The Morgan fingerprint density at radius 2 is 2.42 bits per heavy atom. The maximum absolute atomic E-state index is 10.2. The first kappa shape index (κ1) is 10.9. The van der Waals surface area contributed by atoms with Crippen LogP contribution < -0.4 is 0 Å². The summed E-state index contributed by atoms with van der Waals surface area (Å²) in [6, 6.07) is 0. The predicted octanol–water partition coefficient (Wildman–Crippen LogP) is 0.347. The number of carboxylic acids is 1. The standard InChI is InChI=1S/C6H9N3O2.ClH/c1-2-9-4-5(7-8-9)3-6(10)11;/h4H,2-3H2,1H3,(H,10,11);1H. The summed E-state index contributed by atoms with van der Waals surface area (Å²) in [6.07, 6.45) is 1.58. The third kappa shape index (κ3) is 2.87. The number of carbonyl (C=O) groups is 1. The molecule has 1 N–H and O–H groups in total. The first-order chi connectivity index (χ1) is 5.22. The number of rotatable bonds is 3. The van der Waals surface area contributed by atoms with Crippen LogP contribution in [0.2, 0.25) is 0 Å². The van der Waals surface area contributed by atoms with Crippen LogP contribution >= 0.6 is 12.4 Å². The van der Waals surface area contributed by atoms with E-state index in [0.717, 1.165) is 0 Å². The van der Waals surface area contributed by atoms with Gasteiger partial charge < -0.3 is 5.11 Å². The van der Waals surface area contributed by atoms with E-state index in [9.17, 15) is 4.79 Å². The molecule has 1 aromatic rings. The highest BCUT2D eigenvalue weighted by Gasteiger charge is 2.03. The molecule has 1 aromatic heterocycles. The van der Waals surface area contributed by atoms with Gasteiger partial charge in [0, 0.05) is 12.7 Å². The zero-order valence-corrected chi connectivity index (χ0v) is 7.41. The molecule has 68 valence electrons. The third-order valence-electron chi connectivity index (χ3n) is 1.24. The van der Waals surface area contributed by atoms with Gasteiger partial charge >= 0.3 is 5.97 Å². The molecule has 0 unspecified atom stereocenters. The van der Waals surface area contributed by atoms with Crippen LogP contribution in [0.25, 0.3) is 0 Å².